The van der Waals surface area contributed by atoms with E-state index in [0.717, 1.165) is 56.9 Å². The first-order chi connectivity index (χ1) is 53.8. The lowest BCUT2D eigenvalue weighted by Crippen LogP contribution is -2.11. The molecule has 0 aromatic heterocycles. The van der Waals surface area contributed by atoms with E-state index in [-0.39, 0.29) is 7.43 Å². The number of ether oxygens (including phenoxy) is 1. The molecule has 0 spiro atoms. The fraction of sp³-hybridized carbons (Fsp3) is 0.590. The predicted molar refractivity (Wildman–Crippen MR) is 542 cm³/mol. The van der Waals surface area contributed by atoms with Crippen molar-refractivity contribution in [1.29, 1.82) is 0 Å². The van der Waals surface area contributed by atoms with Gasteiger partial charge in [-0.2, -0.15) is 0 Å². The second-order valence-corrected chi connectivity index (χ2v) is 9.16. The second kappa shape index (κ2) is 641. The van der Waals surface area contributed by atoms with Crippen LogP contribution in [0, 0.1) is 0 Å². The average molecular weight is 1570 g/mol. The molecule has 3 radical (unpaired) electrons. The van der Waals surface area contributed by atoms with E-state index in [4.69, 9.17) is 41.9 Å². The summed E-state index contributed by atoms with van der Waals surface area (Å²) in [7, 11) is 10.7. The summed E-state index contributed by atoms with van der Waals surface area (Å²) in [5.74, 6) is 0. The van der Waals surface area contributed by atoms with E-state index in [2.05, 4.69) is 4.74 Å². The van der Waals surface area contributed by atoms with Gasteiger partial charge in [-0.05, 0) is 34.6 Å². The number of methoxy groups -OCH3 is 1. The molecule has 6 aromatic carbocycles. The van der Waals surface area contributed by atoms with Gasteiger partial charge in [0.2, 0.25) is 0 Å². The van der Waals surface area contributed by atoms with E-state index in [1.165, 1.54) is 34.6 Å². The number of hydrogen-bond donors (Lipinski definition) is 2. The lowest BCUT2D eigenvalue weighted by Gasteiger charge is -1.86. The molecule has 8 nitrogen and oxygen atoms in total. The number of benzene rings is 6. The zero-order valence-electron chi connectivity index (χ0n) is 86.0. The molecule has 6 aromatic rings. The molecule has 2 N–H and O–H groups in total. The minimum Gasteiger partial charge on any atom is -0.450 e. The molecular formula is C100H219B2O8. The summed E-state index contributed by atoms with van der Waals surface area (Å²) < 4.78 is 4.25. The van der Waals surface area contributed by atoms with Gasteiger partial charge in [-0.15, -0.1) is 0 Å². The Kier molecular flexibility index (Phi) is 1280. The first-order valence-corrected chi connectivity index (χ1v) is 43.0. The van der Waals surface area contributed by atoms with Crippen LogP contribution in [0.1, 0.15) is 388 Å². The number of carbonyl (C=O) groups is 5. The minimum atomic E-state index is 0. The highest BCUT2D eigenvalue weighted by molar-refractivity contribution is 6.45. The van der Waals surface area contributed by atoms with Crippen molar-refractivity contribution in [3.63, 3.8) is 0 Å². The van der Waals surface area contributed by atoms with E-state index < -0.39 is 0 Å². The quantitative estimate of drug-likeness (QED) is 0.123. The summed E-state index contributed by atoms with van der Waals surface area (Å²) in [6.07, 6.45) is 3.75. The van der Waals surface area contributed by atoms with Crippen LogP contribution < -0.4 is 10.9 Å². The minimum absolute atomic E-state index is 0. The van der Waals surface area contributed by atoms with E-state index in [1.54, 1.807) is 14.2 Å². The Balaban J connectivity index is -0.0000000181. The third kappa shape index (κ3) is 810. The van der Waals surface area contributed by atoms with Gasteiger partial charge in [0.05, 0.1) is 0 Å². The number of aliphatic hydroxyl groups is 1. The van der Waals surface area contributed by atoms with Crippen LogP contribution in [0.2, 0.25) is 0 Å². The maximum Gasteiger partial charge on any atom is 0.326 e. The Bertz CT molecular complexity index is 1230. The molecule has 0 aliphatic rings. The lowest BCUT2D eigenvalue weighted by atomic mass is 9.89. The molecule has 0 aliphatic carbocycles. The third-order valence-corrected chi connectivity index (χ3v) is 4.41. The van der Waals surface area contributed by atoms with Crippen molar-refractivity contribution in [1.82, 2.24) is 0 Å². The van der Waals surface area contributed by atoms with Crippen LogP contribution in [0.25, 0.3) is 0 Å². The lowest BCUT2D eigenvalue weighted by molar-refractivity contribution is -0.106. The van der Waals surface area contributed by atoms with E-state index >= 15 is 0 Å². The maximum atomic E-state index is 8.81. The van der Waals surface area contributed by atoms with Crippen LogP contribution in [-0.2, 0) is 28.7 Å². The highest BCUT2D eigenvalue weighted by Gasteiger charge is 1.85. The van der Waals surface area contributed by atoms with Gasteiger partial charge in [0.1, 0.15) is 39.3 Å². The number of aldehydes is 5. The van der Waals surface area contributed by atoms with Gasteiger partial charge in [-0.25, -0.2) is 0 Å². The van der Waals surface area contributed by atoms with Crippen molar-refractivity contribution in [2.24, 2.45) is 0 Å². The van der Waals surface area contributed by atoms with Crippen LogP contribution in [0.4, 0.5) is 0 Å². The molecule has 6 rings (SSSR count). The smallest absolute Gasteiger partial charge is 0.326 e. The molecule has 110 heavy (non-hydrogen) atoms. The number of carbonyl (C=O) groups excluding carboxylic acids is 5. The maximum absolute atomic E-state index is 8.81. The normalized spacial score (nSPS) is 5.09. The summed E-state index contributed by atoms with van der Waals surface area (Å²) in [5.41, 5.74) is 1.66. The number of hydrogen-bond acceptors (Lipinski definition) is 8. The molecule has 0 amide bonds. The SMILES string of the molecule is C.CC.CC.CC.CC.CC.CC.CC.CC.CC.CC.CC.CC.CC.CC.CC.CC.CC.CC.CC.CC.CC.CC.CC.CC.CC.CC=O.CC=O.CC=O.CC=O.CC=O.CO.COC.O[B]c1ccccc1.[B]c1ccccc1.c1ccccc1.c1ccccc1.c1ccccc1.c1ccccc1. The average Bonchev–Trinajstić information content (AvgIpc) is 0.999. The van der Waals surface area contributed by atoms with Gasteiger partial charge in [0.15, 0.2) is 0 Å². The monoisotopic (exact) mass is 1570 g/mol. The van der Waals surface area contributed by atoms with Crippen molar-refractivity contribution < 1.29 is 38.8 Å². The molecule has 0 unspecified atom stereocenters. The molecule has 673 valence electrons. The largest absolute Gasteiger partial charge is 0.450 e. The molecule has 0 saturated heterocycles. The van der Waals surface area contributed by atoms with Crippen molar-refractivity contribution in [2.45, 2.75) is 388 Å². The van der Waals surface area contributed by atoms with Crippen LogP contribution in [0.15, 0.2) is 206 Å². The molecule has 0 fully saturated rings. The van der Waals surface area contributed by atoms with Gasteiger partial charge in [0.25, 0.3) is 0 Å². The Hall–Kier alpha value is -6.32. The van der Waals surface area contributed by atoms with E-state index in [1.807, 2.05) is 552 Å². The van der Waals surface area contributed by atoms with Crippen molar-refractivity contribution in [3.8, 4) is 0 Å². The van der Waals surface area contributed by atoms with Gasteiger partial charge in [-0.1, -0.05) is 571 Å². The predicted octanol–water partition coefficient (Wildman–Crippen LogP) is 34.3. The highest BCUT2D eigenvalue weighted by atomic mass is 16.4. The van der Waals surface area contributed by atoms with Crippen LogP contribution in [0.5, 0.6) is 0 Å². The van der Waals surface area contributed by atoms with Gasteiger partial charge in [0, 0.05) is 21.3 Å². The highest BCUT2D eigenvalue weighted by Crippen LogP contribution is 1.82. The molecule has 10 heteroatoms. The van der Waals surface area contributed by atoms with Crippen molar-refractivity contribution >= 4 is 57.7 Å². The Morgan fingerprint density at radius 3 is 0.327 bits per heavy atom. The van der Waals surface area contributed by atoms with Gasteiger partial charge < -0.3 is 38.8 Å². The summed E-state index contributed by atoms with van der Waals surface area (Å²) >= 11 is 0. The zero-order valence-corrected chi connectivity index (χ0v) is 86.0. The molecular weight excluding hydrogens is 1350 g/mol. The third-order valence-electron chi connectivity index (χ3n) is 4.41. The van der Waals surface area contributed by atoms with Crippen molar-refractivity contribution in [3.05, 3.63) is 206 Å². The van der Waals surface area contributed by atoms with Crippen molar-refractivity contribution in [2.75, 3.05) is 21.3 Å². The molecule has 0 saturated carbocycles. The van der Waals surface area contributed by atoms with E-state index in [9.17, 15) is 0 Å². The summed E-state index contributed by atoms with van der Waals surface area (Å²) in [4.78, 5) is 44.0. The number of aliphatic hydroxyl groups excluding tert-OH is 1. The molecule has 0 aliphatic heterocycles. The van der Waals surface area contributed by atoms with E-state index in [0.29, 0.717) is 0 Å². The zero-order chi connectivity index (χ0) is 96.1. The summed E-state index contributed by atoms with van der Waals surface area (Å²) in [6, 6.07) is 66.8. The van der Waals surface area contributed by atoms with Crippen LogP contribution in [-0.4, -0.2) is 78.2 Å². The first-order valence-electron chi connectivity index (χ1n) is 43.0. The molecule has 0 atom stereocenters. The molecule has 0 heterocycles. The molecule has 0 bridgehead atoms. The van der Waals surface area contributed by atoms with Gasteiger partial charge in [-0.3, -0.25) is 0 Å². The Morgan fingerprint density at radius 2 is 0.282 bits per heavy atom. The second-order valence-electron chi connectivity index (χ2n) is 9.16. The first kappa shape index (κ1) is 219. The fourth-order valence-electron chi connectivity index (χ4n) is 2.53. The summed E-state index contributed by atoms with van der Waals surface area (Å²) in [6.45, 7) is 107. The summed E-state index contributed by atoms with van der Waals surface area (Å²) in [5, 5.41) is 15.4. The van der Waals surface area contributed by atoms with Crippen LogP contribution in [0.3, 0.4) is 0 Å². The Morgan fingerprint density at radius 1 is 0.218 bits per heavy atom. The topological polar surface area (TPSA) is 135 Å². The Labute approximate surface area is 708 Å². The standard InChI is InChI=1S/C6H6BO.C6H5B.4C6H6.C2H6O.5C2H4O.25C2H6.CH4O.CH4/c8-7-6-4-2-1-3-5-6;7-6-4-2-1-3-5-6;4*1-2-4-6-5-3-1;1-3-2;5*1-2-3;26*1-2;/h1-5,8H;1-5H;4*1-6H;1-2H3;5*2H,1H3;25*1-2H3;2H,1H3;1H4. The van der Waals surface area contributed by atoms with Gasteiger partial charge >= 0.3 is 7.48 Å². The van der Waals surface area contributed by atoms with Crippen LogP contribution >= 0.6 is 0 Å². The fourth-order valence-corrected chi connectivity index (χ4v) is 2.53. The number of rotatable bonds is 1.